The molecule has 0 radical (unpaired) electrons. The zero-order valence-electron chi connectivity index (χ0n) is 15.9. The van der Waals surface area contributed by atoms with Crippen molar-refractivity contribution in [3.8, 4) is 0 Å². The molecule has 1 aliphatic rings. The van der Waals surface area contributed by atoms with E-state index in [1.54, 1.807) is 12.1 Å². The normalized spacial score (nSPS) is 16.8. The first-order chi connectivity index (χ1) is 13.1. The lowest BCUT2D eigenvalue weighted by molar-refractivity contribution is -0.145. The number of esters is 1. The van der Waals surface area contributed by atoms with Crippen molar-refractivity contribution in [1.29, 1.82) is 0 Å². The monoisotopic (exact) mass is 369 g/mol. The molecule has 0 bridgehead atoms. The van der Waals surface area contributed by atoms with E-state index in [0.29, 0.717) is 31.8 Å². The number of hydrogen-bond donors (Lipinski definition) is 0. The molecule has 1 aromatic carbocycles. The Bertz CT molecular complexity index is 731. The highest BCUT2D eigenvalue weighted by Gasteiger charge is 2.38. The van der Waals surface area contributed by atoms with Gasteiger partial charge < -0.3 is 14.1 Å². The summed E-state index contributed by atoms with van der Waals surface area (Å²) in [6, 6.07) is 13.7. The fraction of sp³-hybridized carbons (Fsp3) is 0.455. The molecule has 0 atom stereocenters. The van der Waals surface area contributed by atoms with Gasteiger partial charge in [0.15, 0.2) is 11.5 Å². The average molecular weight is 369 g/mol. The van der Waals surface area contributed by atoms with Gasteiger partial charge in [-0.05, 0) is 50.6 Å². The van der Waals surface area contributed by atoms with Gasteiger partial charge in [-0.2, -0.15) is 0 Å². The molecule has 1 fully saturated rings. The Morgan fingerprint density at radius 2 is 1.85 bits per heavy atom. The zero-order valence-corrected chi connectivity index (χ0v) is 15.9. The third-order valence-corrected chi connectivity index (χ3v) is 5.44. The van der Waals surface area contributed by atoms with E-state index in [1.165, 1.54) is 11.8 Å². The van der Waals surface area contributed by atoms with Crippen LogP contribution in [-0.2, 0) is 14.9 Å². The summed E-state index contributed by atoms with van der Waals surface area (Å²) in [6.45, 7) is 4.68. The van der Waals surface area contributed by atoms with E-state index in [-0.39, 0.29) is 17.2 Å². The lowest BCUT2D eigenvalue weighted by Gasteiger charge is -2.41. The van der Waals surface area contributed by atoms with E-state index in [9.17, 15) is 9.59 Å². The van der Waals surface area contributed by atoms with E-state index in [1.807, 2.05) is 25.1 Å². The van der Waals surface area contributed by atoms with Crippen molar-refractivity contribution in [2.75, 3.05) is 26.2 Å². The number of likely N-dealkylation sites (tertiary alicyclic amines) is 1. The second kappa shape index (κ2) is 9.00. The highest BCUT2D eigenvalue weighted by molar-refractivity contribution is 5.93. The number of ether oxygens (including phenoxy) is 1. The number of nitrogens with zero attached hydrogens (tertiary/aromatic N) is 1. The number of rotatable bonds is 8. The first kappa shape index (κ1) is 19.4. The Hall–Kier alpha value is -2.40. The summed E-state index contributed by atoms with van der Waals surface area (Å²) in [5.41, 5.74) is 1.01. The molecule has 0 unspecified atom stereocenters. The van der Waals surface area contributed by atoms with Crippen molar-refractivity contribution in [1.82, 2.24) is 4.90 Å². The smallest absolute Gasteiger partial charge is 0.306 e. The lowest BCUT2D eigenvalue weighted by Crippen LogP contribution is -2.44. The van der Waals surface area contributed by atoms with Crippen molar-refractivity contribution in [2.24, 2.45) is 0 Å². The molecule has 2 heterocycles. The zero-order chi connectivity index (χ0) is 19.1. The minimum Gasteiger partial charge on any atom is -0.466 e. The first-order valence-electron chi connectivity index (χ1n) is 9.63. The van der Waals surface area contributed by atoms with Gasteiger partial charge in [-0.25, -0.2) is 0 Å². The molecule has 0 N–H and O–H groups in total. The summed E-state index contributed by atoms with van der Waals surface area (Å²) in [7, 11) is 0. The van der Waals surface area contributed by atoms with Crippen LogP contribution >= 0.6 is 0 Å². The second-order valence-electron chi connectivity index (χ2n) is 7.12. The summed E-state index contributed by atoms with van der Waals surface area (Å²) < 4.78 is 10.4. The van der Waals surface area contributed by atoms with Crippen molar-refractivity contribution >= 4 is 11.8 Å². The molecule has 1 aromatic heterocycles. The molecule has 1 aliphatic heterocycles. The fourth-order valence-corrected chi connectivity index (χ4v) is 3.87. The number of Topliss-reactive ketones (excluding diaryl/α,β-unsaturated/α-hetero) is 1. The average Bonchev–Trinajstić information content (AvgIpc) is 3.23. The highest BCUT2D eigenvalue weighted by atomic mass is 16.5. The SMILES string of the molecule is CCOC(=O)CC1(c2ccccc2)CCN(CCC(=O)c2ccco2)CC1. The van der Waals surface area contributed by atoms with Crippen LogP contribution in [0.5, 0.6) is 0 Å². The van der Waals surface area contributed by atoms with Crippen LogP contribution in [0, 0.1) is 0 Å². The number of hydrogen-bond acceptors (Lipinski definition) is 5. The van der Waals surface area contributed by atoms with E-state index in [2.05, 4.69) is 17.0 Å². The molecule has 0 saturated carbocycles. The number of benzene rings is 1. The quantitative estimate of drug-likeness (QED) is 0.523. The van der Waals surface area contributed by atoms with Crippen LogP contribution < -0.4 is 0 Å². The fourth-order valence-electron chi connectivity index (χ4n) is 3.87. The van der Waals surface area contributed by atoms with E-state index in [0.717, 1.165) is 25.9 Å². The summed E-state index contributed by atoms with van der Waals surface area (Å²) in [5, 5.41) is 0. The molecular formula is C22H27NO4. The maximum atomic E-state index is 12.2. The number of furan rings is 1. The number of carbonyl (C=O) groups is 2. The maximum absolute atomic E-state index is 12.2. The predicted molar refractivity (Wildman–Crippen MR) is 103 cm³/mol. The Kier molecular flexibility index (Phi) is 6.45. The first-order valence-corrected chi connectivity index (χ1v) is 9.63. The maximum Gasteiger partial charge on any atom is 0.306 e. The van der Waals surface area contributed by atoms with Gasteiger partial charge >= 0.3 is 5.97 Å². The molecule has 27 heavy (non-hydrogen) atoms. The van der Waals surface area contributed by atoms with Crippen molar-refractivity contribution in [3.63, 3.8) is 0 Å². The molecule has 2 aromatic rings. The van der Waals surface area contributed by atoms with E-state index < -0.39 is 0 Å². The summed E-state index contributed by atoms with van der Waals surface area (Å²) >= 11 is 0. The van der Waals surface area contributed by atoms with Crippen molar-refractivity contribution in [2.45, 2.75) is 38.0 Å². The third-order valence-electron chi connectivity index (χ3n) is 5.44. The minimum atomic E-state index is -0.185. The van der Waals surface area contributed by atoms with Gasteiger partial charge in [0.2, 0.25) is 0 Å². The van der Waals surface area contributed by atoms with Gasteiger partial charge in [0.1, 0.15) is 0 Å². The summed E-state index contributed by atoms with van der Waals surface area (Å²) in [6.07, 6.45) is 4.14. The van der Waals surface area contributed by atoms with Gasteiger partial charge in [-0.3, -0.25) is 9.59 Å². The Labute approximate surface area is 160 Å². The standard InChI is InChI=1S/C22H27NO4/c1-2-26-21(25)17-22(18-7-4-3-5-8-18)11-14-23(15-12-22)13-10-19(24)20-9-6-16-27-20/h3-9,16H,2,10-15,17H2,1H3. The largest absolute Gasteiger partial charge is 0.466 e. The topological polar surface area (TPSA) is 59.8 Å². The van der Waals surface area contributed by atoms with Crippen molar-refractivity contribution in [3.05, 3.63) is 60.1 Å². The van der Waals surface area contributed by atoms with Crippen LogP contribution in [0.4, 0.5) is 0 Å². The van der Waals surface area contributed by atoms with Crippen molar-refractivity contribution < 1.29 is 18.7 Å². The summed E-state index contributed by atoms with van der Waals surface area (Å²) in [5.74, 6) is 0.321. The molecule has 5 nitrogen and oxygen atoms in total. The summed E-state index contributed by atoms with van der Waals surface area (Å²) in [4.78, 5) is 26.7. The third kappa shape index (κ3) is 4.86. The van der Waals surface area contributed by atoms with Crippen LogP contribution in [0.15, 0.2) is 53.1 Å². The number of ketones is 1. The predicted octanol–water partition coefficient (Wildman–Crippen LogP) is 3.84. The van der Waals surface area contributed by atoms with E-state index >= 15 is 0 Å². The minimum absolute atomic E-state index is 0.0337. The van der Waals surface area contributed by atoms with Gasteiger partial charge in [-0.15, -0.1) is 0 Å². The molecule has 5 heteroatoms. The van der Waals surface area contributed by atoms with Gasteiger partial charge in [0.05, 0.1) is 19.3 Å². The lowest BCUT2D eigenvalue weighted by atomic mass is 9.70. The van der Waals surface area contributed by atoms with Gasteiger partial charge in [0.25, 0.3) is 0 Å². The molecule has 0 aliphatic carbocycles. The Morgan fingerprint density at radius 1 is 1.11 bits per heavy atom. The van der Waals surface area contributed by atoms with Crippen LogP contribution in [0.3, 0.4) is 0 Å². The second-order valence-corrected chi connectivity index (χ2v) is 7.12. The van der Waals surface area contributed by atoms with Crippen LogP contribution in [0.1, 0.15) is 48.7 Å². The molecule has 1 saturated heterocycles. The molecule has 0 spiro atoms. The molecular weight excluding hydrogens is 342 g/mol. The highest BCUT2D eigenvalue weighted by Crippen LogP contribution is 2.39. The Morgan fingerprint density at radius 3 is 2.48 bits per heavy atom. The van der Waals surface area contributed by atoms with Gasteiger partial charge in [-0.1, -0.05) is 30.3 Å². The van der Waals surface area contributed by atoms with Crippen LogP contribution in [0.25, 0.3) is 0 Å². The molecule has 3 rings (SSSR count). The molecule has 0 amide bonds. The number of carbonyl (C=O) groups excluding carboxylic acids is 2. The van der Waals surface area contributed by atoms with Crippen LogP contribution in [-0.4, -0.2) is 42.9 Å². The van der Waals surface area contributed by atoms with Gasteiger partial charge in [0, 0.05) is 18.4 Å². The number of piperidine rings is 1. The van der Waals surface area contributed by atoms with Crippen LogP contribution in [0.2, 0.25) is 0 Å². The molecule has 144 valence electrons. The Balaban J connectivity index is 1.61. The van der Waals surface area contributed by atoms with E-state index in [4.69, 9.17) is 9.15 Å².